The number of hydrogen-bond acceptors (Lipinski definition) is 4. The Morgan fingerprint density at radius 2 is 1.14 bits per heavy atom. The zero-order valence-electron chi connectivity index (χ0n) is 12.2. The normalized spacial score (nSPS) is 11.0. The summed E-state index contributed by atoms with van der Waals surface area (Å²) in [6.45, 7) is 5.05. The maximum Gasteiger partial charge on any atom is 0.498 e. The Labute approximate surface area is 124 Å². The van der Waals surface area contributed by atoms with Gasteiger partial charge in [0.05, 0.1) is 0 Å². The van der Waals surface area contributed by atoms with E-state index in [1.54, 1.807) is 24.3 Å². The molecule has 0 aliphatic carbocycles. The molecule has 0 amide bonds. The van der Waals surface area contributed by atoms with E-state index in [1.807, 2.05) is 38.1 Å². The van der Waals surface area contributed by atoms with Gasteiger partial charge in [0.1, 0.15) is 11.5 Å². The Hall–Kier alpha value is -2.06. The van der Waals surface area contributed by atoms with Gasteiger partial charge in [0.2, 0.25) is 0 Å². The number of hydrogen-bond donors (Lipinski definition) is 0. The second-order valence-electron chi connectivity index (χ2n) is 4.83. The van der Waals surface area contributed by atoms with Crippen molar-refractivity contribution in [1.29, 1.82) is 0 Å². The first-order valence-corrected chi connectivity index (χ1v) is 8.07. The monoisotopic (exact) mass is 304 g/mol. The van der Waals surface area contributed by atoms with Crippen molar-refractivity contribution in [1.82, 2.24) is 0 Å². The first-order valence-electron chi connectivity index (χ1n) is 6.53. The molecule has 2 rings (SSSR count). The highest BCUT2D eigenvalue weighted by Gasteiger charge is 2.34. The van der Waals surface area contributed by atoms with E-state index in [0.717, 1.165) is 11.1 Å². The molecule has 0 fully saturated rings. The van der Waals surface area contributed by atoms with Gasteiger partial charge in [-0.15, -0.1) is 0 Å². The van der Waals surface area contributed by atoms with Crippen LogP contribution in [0.1, 0.15) is 18.1 Å². The van der Waals surface area contributed by atoms with Gasteiger partial charge in [-0.1, -0.05) is 35.4 Å². The molecule has 0 aliphatic heterocycles. The Bertz CT molecular complexity index is 623. The lowest BCUT2D eigenvalue weighted by Gasteiger charge is -2.17. The minimum atomic E-state index is -3.90. The van der Waals surface area contributed by atoms with Crippen LogP contribution < -0.4 is 9.05 Å². The first kappa shape index (κ1) is 15.3. The molecule has 0 aromatic heterocycles. The second-order valence-corrected chi connectivity index (χ2v) is 6.82. The van der Waals surface area contributed by atoms with E-state index in [-0.39, 0.29) is 0 Å². The second kappa shape index (κ2) is 6.15. The molecule has 0 saturated heterocycles. The van der Waals surface area contributed by atoms with Gasteiger partial charge in [0.15, 0.2) is 0 Å². The first-order chi connectivity index (χ1) is 9.89. The highest BCUT2D eigenvalue weighted by molar-refractivity contribution is 7.72. The molecule has 0 unspecified atom stereocenters. The van der Waals surface area contributed by atoms with Gasteiger partial charge in [-0.2, -0.15) is 0 Å². The van der Waals surface area contributed by atoms with Crippen LogP contribution in [0.4, 0.5) is 0 Å². The molecule has 110 valence electrons. The molecule has 21 heavy (non-hydrogen) atoms. The van der Waals surface area contributed by atoms with Gasteiger partial charge in [-0.05, 0) is 38.1 Å². The van der Waals surface area contributed by atoms with Gasteiger partial charge in [0.25, 0.3) is 5.52 Å². The van der Waals surface area contributed by atoms with E-state index < -0.39 is 13.1 Å². The van der Waals surface area contributed by atoms with Crippen molar-refractivity contribution >= 4 is 13.1 Å². The average molecular weight is 304 g/mol. The summed E-state index contributed by atoms with van der Waals surface area (Å²) < 4.78 is 23.3. The maximum atomic E-state index is 12.6. The largest absolute Gasteiger partial charge is 0.498 e. The van der Waals surface area contributed by atoms with Gasteiger partial charge < -0.3 is 9.05 Å². The molecule has 5 heteroatoms. The Morgan fingerprint density at radius 3 is 1.43 bits per heavy atom. The quantitative estimate of drug-likeness (QED) is 0.763. The molecule has 0 N–H and O–H groups in total. The van der Waals surface area contributed by atoms with Crippen LogP contribution in [-0.4, -0.2) is 5.52 Å². The molecule has 0 heterocycles. The molecule has 4 nitrogen and oxygen atoms in total. The number of carbonyl (C=O) groups is 1. The lowest BCUT2D eigenvalue weighted by Crippen LogP contribution is -2.08. The van der Waals surface area contributed by atoms with Crippen LogP contribution >= 0.6 is 7.60 Å². The van der Waals surface area contributed by atoms with E-state index in [0.29, 0.717) is 11.5 Å². The predicted molar refractivity (Wildman–Crippen MR) is 81.9 cm³/mol. The zero-order chi connectivity index (χ0) is 15.5. The minimum absolute atomic E-state index is 0.339. The van der Waals surface area contributed by atoms with Crippen LogP contribution in [-0.2, 0) is 9.36 Å². The fourth-order valence-corrected chi connectivity index (χ4v) is 2.72. The summed E-state index contributed by atoms with van der Waals surface area (Å²) in [5.74, 6) is 0.678. The van der Waals surface area contributed by atoms with Crippen LogP contribution in [0.25, 0.3) is 0 Å². The molecule has 2 aromatic rings. The van der Waals surface area contributed by atoms with Crippen molar-refractivity contribution in [2.75, 3.05) is 0 Å². The summed E-state index contributed by atoms with van der Waals surface area (Å²) in [4.78, 5) is 11.7. The molecule has 0 aliphatic rings. The summed E-state index contributed by atoms with van der Waals surface area (Å²) in [7, 11) is -3.90. The predicted octanol–water partition coefficient (Wildman–Crippen LogP) is 4.50. The van der Waals surface area contributed by atoms with Crippen molar-refractivity contribution < 1.29 is 18.4 Å². The van der Waals surface area contributed by atoms with Gasteiger partial charge in [-0.3, -0.25) is 4.79 Å². The summed E-state index contributed by atoms with van der Waals surface area (Å²) in [6.07, 6.45) is 0. The van der Waals surface area contributed by atoms with Gasteiger partial charge in [0, 0.05) is 6.92 Å². The third kappa shape index (κ3) is 3.96. The molecule has 0 atom stereocenters. The van der Waals surface area contributed by atoms with Gasteiger partial charge in [-0.25, -0.2) is 4.57 Å². The van der Waals surface area contributed by atoms with E-state index in [2.05, 4.69) is 0 Å². The number of aryl methyl sites for hydroxylation is 2. The smallest absolute Gasteiger partial charge is 0.411 e. The van der Waals surface area contributed by atoms with E-state index in [9.17, 15) is 9.36 Å². The third-order valence-electron chi connectivity index (χ3n) is 2.88. The fourth-order valence-electron chi connectivity index (χ4n) is 1.62. The fraction of sp³-hybridized carbons (Fsp3) is 0.188. The zero-order valence-corrected chi connectivity index (χ0v) is 13.1. The standard InChI is InChI=1S/C16H17O4P/c1-12-4-8-15(9-5-12)19-21(18,14(3)17)20-16-10-6-13(2)7-11-16/h4-11H,1-3H3. The van der Waals surface area contributed by atoms with E-state index in [4.69, 9.17) is 9.05 Å². The van der Waals surface area contributed by atoms with Crippen LogP contribution in [0.3, 0.4) is 0 Å². The molecule has 0 radical (unpaired) electrons. The molecular formula is C16H17O4P. The lowest BCUT2D eigenvalue weighted by atomic mass is 10.2. The summed E-state index contributed by atoms with van der Waals surface area (Å²) in [5.41, 5.74) is 1.45. The highest BCUT2D eigenvalue weighted by atomic mass is 31.2. The SMILES string of the molecule is CC(=O)P(=O)(Oc1ccc(C)cc1)Oc1ccc(C)cc1. The van der Waals surface area contributed by atoms with Crippen molar-refractivity contribution in [2.45, 2.75) is 20.8 Å². The number of carbonyl (C=O) groups excluding carboxylic acids is 1. The summed E-state index contributed by atoms with van der Waals surface area (Å²) in [6, 6.07) is 13.9. The van der Waals surface area contributed by atoms with E-state index in [1.165, 1.54) is 6.92 Å². The molecule has 0 saturated carbocycles. The lowest BCUT2D eigenvalue weighted by molar-refractivity contribution is -0.111. The van der Waals surface area contributed by atoms with Crippen LogP contribution in [0.15, 0.2) is 48.5 Å². The summed E-state index contributed by atoms with van der Waals surface area (Å²) >= 11 is 0. The Balaban J connectivity index is 2.24. The Morgan fingerprint density at radius 1 is 0.810 bits per heavy atom. The van der Waals surface area contributed by atoms with Crippen molar-refractivity contribution in [3.05, 3.63) is 59.7 Å². The molecular weight excluding hydrogens is 287 g/mol. The van der Waals surface area contributed by atoms with Crippen LogP contribution in [0.2, 0.25) is 0 Å². The van der Waals surface area contributed by atoms with Crippen molar-refractivity contribution in [2.24, 2.45) is 0 Å². The number of rotatable bonds is 5. The van der Waals surface area contributed by atoms with Crippen LogP contribution in [0.5, 0.6) is 11.5 Å². The topological polar surface area (TPSA) is 52.6 Å². The highest BCUT2D eigenvalue weighted by Crippen LogP contribution is 2.49. The van der Waals surface area contributed by atoms with Crippen molar-refractivity contribution in [3.63, 3.8) is 0 Å². The molecule has 0 spiro atoms. The van der Waals surface area contributed by atoms with Crippen molar-refractivity contribution in [3.8, 4) is 11.5 Å². The number of benzene rings is 2. The molecule has 2 aromatic carbocycles. The third-order valence-corrected chi connectivity index (χ3v) is 4.55. The minimum Gasteiger partial charge on any atom is -0.411 e. The Kier molecular flexibility index (Phi) is 4.49. The molecule has 0 bridgehead atoms. The summed E-state index contributed by atoms with van der Waals surface area (Å²) in [5, 5.41) is 0. The van der Waals surface area contributed by atoms with Crippen LogP contribution in [0, 0.1) is 13.8 Å². The maximum absolute atomic E-state index is 12.6. The van der Waals surface area contributed by atoms with E-state index >= 15 is 0 Å². The van der Waals surface area contributed by atoms with Gasteiger partial charge >= 0.3 is 7.60 Å². The average Bonchev–Trinajstić information content (AvgIpc) is 2.44.